The highest BCUT2D eigenvalue weighted by atomic mass is 16.2. The molecule has 1 N–H and O–H groups in total. The smallest absolute Gasteiger partial charge is 0.256 e. The van der Waals surface area contributed by atoms with Crippen molar-refractivity contribution in [2.24, 2.45) is 0 Å². The Morgan fingerprint density at radius 1 is 0.923 bits per heavy atom. The molecule has 134 valence electrons. The van der Waals surface area contributed by atoms with E-state index in [1.165, 1.54) is 6.08 Å². The van der Waals surface area contributed by atoms with Crippen LogP contribution in [0.3, 0.4) is 0 Å². The van der Waals surface area contributed by atoms with E-state index in [4.69, 9.17) is 0 Å². The summed E-state index contributed by atoms with van der Waals surface area (Å²) in [4.78, 5) is 29.1. The van der Waals surface area contributed by atoms with Gasteiger partial charge in [-0.25, -0.2) is 0 Å². The van der Waals surface area contributed by atoms with Crippen LogP contribution in [0.2, 0.25) is 0 Å². The van der Waals surface area contributed by atoms with E-state index in [1.54, 1.807) is 18.2 Å². The molecule has 0 saturated carbocycles. The number of carbonyl (C=O) groups is 2. The first-order valence-corrected chi connectivity index (χ1v) is 8.74. The van der Waals surface area contributed by atoms with E-state index >= 15 is 0 Å². The van der Waals surface area contributed by atoms with E-state index < -0.39 is 0 Å². The number of likely N-dealkylation sites (N-methyl/N-ethyl adjacent to an activating group) is 1. The number of amides is 2. The number of anilines is 1. The van der Waals surface area contributed by atoms with Gasteiger partial charge in [-0.05, 0) is 30.8 Å². The zero-order chi connectivity index (χ0) is 18.4. The Balaban J connectivity index is 1.70. The summed E-state index contributed by atoms with van der Waals surface area (Å²) in [5.41, 5.74) is 2.02. The summed E-state index contributed by atoms with van der Waals surface area (Å²) >= 11 is 0. The van der Waals surface area contributed by atoms with Crippen molar-refractivity contribution in [2.45, 2.75) is 0 Å². The van der Waals surface area contributed by atoms with Crippen LogP contribution >= 0.6 is 0 Å². The first kappa shape index (κ1) is 17.9. The molecule has 0 aromatic heterocycles. The molecule has 26 heavy (non-hydrogen) atoms. The summed E-state index contributed by atoms with van der Waals surface area (Å²) in [6.45, 7) is 3.12. The molecule has 2 amide bonds. The lowest BCUT2D eigenvalue weighted by Gasteiger charge is -2.32. The monoisotopic (exact) mass is 349 g/mol. The van der Waals surface area contributed by atoms with Crippen molar-refractivity contribution in [1.29, 1.82) is 0 Å². The summed E-state index contributed by atoms with van der Waals surface area (Å²) in [6, 6.07) is 16.8. The number of rotatable bonds is 4. The maximum Gasteiger partial charge on any atom is 0.256 e. The van der Waals surface area contributed by atoms with Gasteiger partial charge in [0.2, 0.25) is 5.91 Å². The minimum Gasteiger partial charge on any atom is -0.336 e. The van der Waals surface area contributed by atoms with Gasteiger partial charge >= 0.3 is 0 Å². The van der Waals surface area contributed by atoms with Gasteiger partial charge in [-0.2, -0.15) is 0 Å². The molecule has 2 aromatic carbocycles. The maximum absolute atomic E-state index is 12.8. The van der Waals surface area contributed by atoms with Crippen molar-refractivity contribution >= 4 is 23.6 Å². The van der Waals surface area contributed by atoms with Crippen molar-refractivity contribution in [3.63, 3.8) is 0 Å². The van der Waals surface area contributed by atoms with Gasteiger partial charge in [-0.15, -0.1) is 0 Å². The van der Waals surface area contributed by atoms with Crippen LogP contribution in [0.5, 0.6) is 0 Å². The maximum atomic E-state index is 12.8. The van der Waals surface area contributed by atoms with Crippen LogP contribution in [-0.4, -0.2) is 54.8 Å². The standard InChI is InChI=1S/C21H23N3O2/c1-23-13-15-24(16-14-23)21(26)18-9-5-6-10-19(18)22-20(25)12-11-17-7-3-2-4-8-17/h2-12H,13-16H2,1H3,(H,22,25). The molecule has 0 spiro atoms. The average Bonchev–Trinajstić information content (AvgIpc) is 2.68. The highest BCUT2D eigenvalue weighted by molar-refractivity contribution is 6.07. The molecule has 1 saturated heterocycles. The lowest BCUT2D eigenvalue weighted by atomic mass is 10.1. The van der Waals surface area contributed by atoms with Gasteiger partial charge in [-0.1, -0.05) is 42.5 Å². The molecule has 0 bridgehead atoms. The predicted octanol–water partition coefficient (Wildman–Crippen LogP) is 2.73. The number of hydrogen-bond donors (Lipinski definition) is 1. The quantitative estimate of drug-likeness (QED) is 0.864. The summed E-state index contributed by atoms with van der Waals surface area (Å²) in [5.74, 6) is -0.298. The molecule has 0 aliphatic carbocycles. The molecular formula is C21H23N3O2. The zero-order valence-electron chi connectivity index (χ0n) is 14.9. The third-order valence-electron chi connectivity index (χ3n) is 4.43. The fourth-order valence-corrected chi connectivity index (χ4v) is 2.87. The third kappa shape index (κ3) is 4.58. The highest BCUT2D eigenvalue weighted by Gasteiger charge is 2.22. The second-order valence-electron chi connectivity index (χ2n) is 6.37. The van der Waals surface area contributed by atoms with E-state index in [1.807, 2.05) is 47.4 Å². The number of piperazine rings is 1. The second kappa shape index (κ2) is 8.45. The van der Waals surface area contributed by atoms with Crippen molar-refractivity contribution in [2.75, 3.05) is 38.5 Å². The minimum absolute atomic E-state index is 0.0407. The van der Waals surface area contributed by atoms with Crippen LogP contribution in [-0.2, 0) is 4.79 Å². The molecule has 5 heteroatoms. The van der Waals surface area contributed by atoms with Crippen LogP contribution in [0, 0.1) is 0 Å². The Morgan fingerprint density at radius 3 is 2.31 bits per heavy atom. The molecule has 0 atom stereocenters. The summed E-state index contributed by atoms with van der Waals surface area (Å²) < 4.78 is 0. The van der Waals surface area contributed by atoms with Gasteiger partial charge in [0, 0.05) is 32.3 Å². The molecule has 1 aliphatic heterocycles. The van der Waals surface area contributed by atoms with Crippen molar-refractivity contribution in [3.8, 4) is 0 Å². The van der Waals surface area contributed by atoms with Gasteiger partial charge < -0.3 is 15.1 Å². The Bertz CT molecular complexity index is 794. The minimum atomic E-state index is -0.257. The topological polar surface area (TPSA) is 52.6 Å². The average molecular weight is 349 g/mol. The first-order valence-electron chi connectivity index (χ1n) is 8.74. The number of nitrogens with one attached hydrogen (secondary N) is 1. The molecule has 0 radical (unpaired) electrons. The SMILES string of the molecule is CN1CCN(C(=O)c2ccccc2NC(=O)C=Cc2ccccc2)CC1. The van der Waals surface area contributed by atoms with Gasteiger partial charge in [-0.3, -0.25) is 9.59 Å². The highest BCUT2D eigenvalue weighted by Crippen LogP contribution is 2.18. The van der Waals surface area contributed by atoms with Crippen LogP contribution in [0.1, 0.15) is 15.9 Å². The van der Waals surface area contributed by atoms with Gasteiger partial charge in [0.05, 0.1) is 11.3 Å². The number of para-hydroxylation sites is 1. The number of hydrogen-bond acceptors (Lipinski definition) is 3. The molecule has 0 unspecified atom stereocenters. The lowest BCUT2D eigenvalue weighted by molar-refractivity contribution is -0.111. The molecular weight excluding hydrogens is 326 g/mol. The number of nitrogens with zero attached hydrogens (tertiary/aromatic N) is 2. The number of benzene rings is 2. The largest absolute Gasteiger partial charge is 0.336 e. The third-order valence-corrected chi connectivity index (χ3v) is 4.43. The Hall–Kier alpha value is -2.92. The lowest BCUT2D eigenvalue weighted by Crippen LogP contribution is -2.47. The van der Waals surface area contributed by atoms with E-state index in [0.717, 1.165) is 18.7 Å². The van der Waals surface area contributed by atoms with Gasteiger partial charge in [0.1, 0.15) is 0 Å². The van der Waals surface area contributed by atoms with Crippen LogP contribution < -0.4 is 5.32 Å². The van der Waals surface area contributed by atoms with E-state index in [9.17, 15) is 9.59 Å². The first-order chi connectivity index (χ1) is 12.6. The van der Waals surface area contributed by atoms with Crippen molar-refractivity contribution < 1.29 is 9.59 Å². The number of carbonyl (C=O) groups excluding carboxylic acids is 2. The zero-order valence-corrected chi connectivity index (χ0v) is 14.9. The van der Waals surface area contributed by atoms with Crippen LogP contribution in [0.25, 0.3) is 6.08 Å². The van der Waals surface area contributed by atoms with Crippen LogP contribution in [0.4, 0.5) is 5.69 Å². The predicted molar refractivity (Wildman–Crippen MR) is 104 cm³/mol. The summed E-state index contributed by atoms with van der Waals surface area (Å²) in [6.07, 6.45) is 3.23. The van der Waals surface area contributed by atoms with E-state index in [0.29, 0.717) is 24.3 Å². The van der Waals surface area contributed by atoms with Gasteiger partial charge in [0.15, 0.2) is 0 Å². The Kier molecular flexibility index (Phi) is 5.81. The Morgan fingerprint density at radius 2 is 1.58 bits per heavy atom. The van der Waals surface area contributed by atoms with Crippen LogP contribution in [0.15, 0.2) is 60.7 Å². The fraction of sp³-hybridized carbons (Fsp3) is 0.238. The summed E-state index contributed by atoms with van der Waals surface area (Å²) in [7, 11) is 2.05. The fourth-order valence-electron chi connectivity index (χ4n) is 2.87. The molecule has 5 nitrogen and oxygen atoms in total. The molecule has 1 aliphatic rings. The molecule has 1 fully saturated rings. The normalized spacial score (nSPS) is 15.2. The summed E-state index contributed by atoms with van der Waals surface area (Å²) in [5, 5.41) is 2.83. The van der Waals surface area contributed by atoms with Crippen molar-refractivity contribution in [3.05, 3.63) is 71.8 Å². The molecule has 3 rings (SSSR count). The molecule has 1 heterocycles. The van der Waals surface area contributed by atoms with E-state index in [-0.39, 0.29) is 11.8 Å². The Labute approximate surface area is 153 Å². The second-order valence-corrected chi connectivity index (χ2v) is 6.37. The molecule has 2 aromatic rings. The van der Waals surface area contributed by atoms with E-state index in [2.05, 4.69) is 17.3 Å². The van der Waals surface area contributed by atoms with Gasteiger partial charge in [0.25, 0.3) is 5.91 Å². The van der Waals surface area contributed by atoms with Crippen molar-refractivity contribution in [1.82, 2.24) is 9.80 Å².